The zero-order valence-electron chi connectivity index (χ0n) is 10.1. The highest BCUT2D eigenvalue weighted by Gasteiger charge is 2.31. The van der Waals surface area contributed by atoms with E-state index in [9.17, 15) is 0 Å². The molecular weight excluding hydrogens is 174 g/mol. The van der Waals surface area contributed by atoms with Gasteiger partial charge in [0, 0.05) is 19.1 Å². The second-order valence-electron chi connectivity index (χ2n) is 4.36. The maximum Gasteiger partial charge on any atom is 0.0706 e. The SMILES string of the molecule is CC.CC(C)N1CC2CCCC(C1)O2. The van der Waals surface area contributed by atoms with Crippen molar-refractivity contribution in [1.82, 2.24) is 4.90 Å². The Labute approximate surface area is 88.6 Å². The molecule has 0 aromatic carbocycles. The van der Waals surface area contributed by atoms with Crippen LogP contribution in [0.1, 0.15) is 47.0 Å². The quantitative estimate of drug-likeness (QED) is 0.644. The van der Waals surface area contributed by atoms with E-state index < -0.39 is 0 Å². The lowest BCUT2D eigenvalue weighted by atomic mass is 9.99. The third-order valence-electron chi connectivity index (χ3n) is 3.04. The summed E-state index contributed by atoms with van der Waals surface area (Å²) in [6.07, 6.45) is 5.01. The van der Waals surface area contributed by atoms with Gasteiger partial charge >= 0.3 is 0 Å². The second kappa shape index (κ2) is 5.72. The summed E-state index contributed by atoms with van der Waals surface area (Å²) in [5.74, 6) is 0. The van der Waals surface area contributed by atoms with Crippen LogP contribution in [0.3, 0.4) is 0 Å². The molecule has 2 bridgehead atoms. The van der Waals surface area contributed by atoms with E-state index in [-0.39, 0.29) is 0 Å². The van der Waals surface area contributed by atoms with E-state index in [1.807, 2.05) is 13.8 Å². The first-order valence-corrected chi connectivity index (χ1v) is 6.15. The smallest absolute Gasteiger partial charge is 0.0706 e. The number of hydrogen-bond donors (Lipinski definition) is 0. The fourth-order valence-electron chi connectivity index (χ4n) is 2.27. The van der Waals surface area contributed by atoms with Gasteiger partial charge in [-0.05, 0) is 33.1 Å². The predicted molar refractivity (Wildman–Crippen MR) is 60.6 cm³/mol. The lowest BCUT2D eigenvalue weighted by Crippen LogP contribution is -2.52. The van der Waals surface area contributed by atoms with Crippen LogP contribution in [0, 0.1) is 0 Å². The average Bonchev–Trinajstić information content (AvgIpc) is 2.20. The molecule has 2 rings (SSSR count). The largest absolute Gasteiger partial charge is 0.372 e. The molecule has 0 aromatic heterocycles. The Morgan fingerprint density at radius 1 is 1.07 bits per heavy atom. The van der Waals surface area contributed by atoms with Crippen molar-refractivity contribution in [3.8, 4) is 0 Å². The van der Waals surface area contributed by atoms with Crippen molar-refractivity contribution in [3.05, 3.63) is 0 Å². The molecule has 84 valence electrons. The Bertz CT molecular complexity index is 146. The van der Waals surface area contributed by atoms with Crippen molar-refractivity contribution in [2.24, 2.45) is 0 Å². The van der Waals surface area contributed by atoms with Gasteiger partial charge in [-0.25, -0.2) is 0 Å². The molecule has 2 saturated heterocycles. The van der Waals surface area contributed by atoms with Gasteiger partial charge in [0.05, 0.1) is 12.2 Å². The molecule has 0 aliphatic carbocycles. The van der Waals surface area contributed by atoms with E-state index in [2.05, 4.69) is 18.7 Å². The molecular formula is C12H25NO. The topological polar surface area (TPSA) is 12.5 Å². The molecule has 2 aliphatic rings. The zero-order chi connectivity index (χ0) is 10.6. The number of nitrogens with zero attached hydrogens (tertiary/aromatic N) is 1. The summed E-state index contributed by atoms with van der Waals surface area (Å²) < 4.78 is 5.86. The van der Waals surface area contributed by atoms with E-state index >= 15 is 0 Å². The van der Waals surface area contributed by atoms with Crippen LogP contribution in [0.15, 0.2) is 0 Å². The van der Waals surface area contributed by atoms with Crippen molar-refractivity contribution in [3.63, 3.8) is 0 Å². The minimum atomic E-state index is 0.542. The van der Waals surface area contributed by atoms with Crippen LogP contribution in [0.5, 0.6) is 0 Å². The van der Waals surface area contributed by atoms with Crippen LogP contribution in [-0.4, -0.2) is 36.2 Å². The van der Waals surface area contributed by atoms with Gasteiger partial charge in [-0.2, -0.15) is 0 Å². The third kappa shape index (κ3) is 2.96. The van der Waals surface area contributed by atoms with Crippen molar-refractivity contribution >= 4 is 0 Å². The molecule has 2 fully saturated rings. The van der Waals surface area contributed by atoms with Gasteiger partial charge < -0.3 is 4.74 Å². The van der Waals surface area contributed by atoms with Gasteiger partial charge in [-0.1, -0.05) is 13.8 Å². The van der Waals surface area contributed by atoms with Crippen LogP contribution in [-0.2, 0) is 4.74 Å². The lowest BCUT2D eigenvalue weighted by molar-refractivity contribution is -0.120. The van der Waals surface area contributed by atoms with Gasteiger partial charge in [0.2, 0.25) is 0 Å². The van der Waals surface area contributed by atoms with E-state index in [0.29, 0.717) is 18.2 Å². The normalized spacial score (nSPS) is 32.4. The third-order valence-corrected chi connectivity index (χ3v) is 3.04. The molecule has 0 saturated carbocycles. The molecule has 2 heterocycles. The molecule has 0 spiro atoms. The molecule has 2 heteroatoms. The van der Waals surface area contributed by atoms with Crippen LogP contribution in [0.2, 0.25) is 0 Å². The minimum Gasteiger partial charge on any atom is -0.372 e. The van der Waals surface area contributed by atoms with E-state index in [0.717, 1.165) is 13.1 Å². The average molecular weight is 199 g/mol. The Morgan fingerprint density at radius 2 is 1.57 bits per heavy atom. The fourth-order valence-corrected chi connectivity index (χ4v) is 2.27. The first kappa shape index (κ1) is 12.0. The van der Waals surface area contributed by atoms with E-state index in [4.69, 9.17) is 4.74 Å². The monoisotopic (exact) mass is 199 g/mol. The fraction of sp³-hybridized carbons (Fsp3) is 1.00. The van der Waals surface area contributed by atoms with Crippen molar-refractivity contribution in [2.45, 2.75) is 65.2 Å². The number of ether oxygens (including phenoxy) is 1. The molecule has 2 aliphatic heterocycles. The molecule has 2 nitrogen and oxygen atoms in total. The maximum atomic E-state index is 5.86. The summed E-state index contributed by atoms with van der Waals surface area (Å²) in [6, 6.07) is 0.692. The van der Waals surface area contributed by atoms with Gasteiger partial charge in [0.1, 0.15) is 0 Å². The first-order chi connectivity index (χ1) is 6.75. The molecule has 0 amide bonds. The number of likely N-dealkylation sites (tertiary alicyclic amines) is 1. The summed E-state index contributed by atoms with van der Waals surface area (Å²) in [5, 5.41) is 0. The van der Waals surface area contributed by atoms with E-state index in [1.165, 1.54) is 19.3 Å². The maximum absolute atomic E-state index is 5.86. The number of morpholine rings is 1. The van der Waals surface area contributed by atoms with Crippen molar-refractivity contribution < 1.29 is 4.74 Å². The second-order valence-corrected chi connectivity index (χ2v) is 4.36. The highest BCUT2D eigenvalue weighted by atomic mass is 16.5. The Morgan fingerprint density at radius 3 is 2.00 bits per heavy atom. The zero-order valence-corrected chi connectivity index (χ0v) is 10.1. The molecule has 0 aromatic rings. The summed E-state index contributed by atoms with van der Waals surface area (Å²) >= 11 is 0. The molecule has 2 atom stereocenters. The number of rotatable bonds is 1. The molecule has 2 unspecified atom stereocenters. The van der Waals surface area contributed by atoms with Crippen LogP contribution in [0.4, 0.5) is 0 Å². The molecule has 14 heavy (non-hydrogen) atoms. The summed E-state index contributed by atoms with van der Waals surface area (Å²) in [7, 11) is 0. The highest BCUT2D eigenvalue weighted by Crippen LogP contribution is 2.25. The van der Waals surface area contributed by atoms with Crippen LogP contribution in [0.25, 0.3) is 0 Å². The van der Waals surface area contributed by atoms with Crippen molar-refractivity contribution in [2.75, 3.05) is 13.1 Å². The van der Waals surface area contributed by atoms with Crippen LogP contribution < -0.4 is 0 Å². The van der Waals surface area contributed by atoms with Gasteiger partial charge in [0.25, 0.3) is 0 Å². The number of fused-ring (bicyclic) bond motifs is 2. The molecule has 0 N–H and O–H groups in total. The highest BCUT2D eigenvalue weighted by molar-refractivity contribution is 4.83. The standard InChI is InChI=1S/C10H19NO.C2H6/c1-8(2)11-6-9-4-3-5-10(7-11)12-9;1-2/h8-10H,3-7H2,1-2H3;1-2H3. The first-order valence-electron chi connectivity index (χ1n) is 6.15. The van der Waals surface area contributed by atoms with E-state index in [1.54, 1.807) is 0 Å². The lowest BCUT2D eigenvalue weighted by Gasteiger charge is -2.43. The Kier molecular flexibility index (Phi) is 4.90. The number of hydrogen-bond acceptors (Lipinski definition) is 2. The Balaban J connectivity index is 0.000000461. The Hall–Kier alpha value is -0.0800. The summed E-state index contributed by atoms with van der Waals surface area (Å²) in [5.41, 5.74) is 0. The minimum absolute atomic E-state index is 0.542. The molecule has 0 radical (unpaired) electrons. The predicted octanol–water partition coefficient (Wildman–Crippen LogP) is 2.67. The van der Waals surface area contributed by atoms with Gasteiger partial charge in [0.15, 0.2) is 0 Å². The van der Waals surface area contributed by atoms with Gasteiger partial charge in [-0.15, -0.1) is 0 Å². The van der Waals surface area contributed by atoms with Crippen molar-refractivity contribution in [1.29, 1.82) is 0 Å². The summed E-state index contributed by atoms with van der Waals surface area (Å²) in [6.45, 7) is 10.9. The van der Waals surface area contributed by atoms with Crippen LogP contribution >= 0.6 is 0 Å². The van der Waals surface area contributed by atoms with Gasteiger partial charge in [-0.3, -0.25) is 4.90 Å². The summed E-state index contributed by atoms with van der Waals surface area (Å²) in [4.78, 5) is 2.55.